The van der Waals surface area contributed by atoms with Crippen LogP contribution >= 0.6 is 0 Å². The van der Waals surface area contributed by atoms with Gasteiger partial charge in [0.1, 0.15) is 0 Å². The number of hydrogen-bond donors (Lipinski definition) is 1. The largest absolute Gasteiger partial charge is 0.378 e. The molecule has 2 aromatic rings. The topological polar surface area (TPSA) is 18.5 Å². The zero-order chi connectivity index (χ0) is 15.8. The van der Waals surface area contributed by atoms with Crippen LogP contribution in [-0.2, 0) is 6.54 Å². The van der Waals surface area contributed by atoms with Crippen molar-refractivity contribution < 1.29 is 0 Å². The molecule has 22 heavy (non-hydrogen) atoms. The van der Waals surface area contributed by atoms with Gasteiger partial charge in [0.15, 0.2) is 0 Å². The van der Waals surface area contributed by atoms with Crippen molar-refractivity contribution >= 4 is 11.4 Å². The van der Waals surface area contributed by atoms with Gasteiger partial charge in [-0.25, -0.2) is 0 Å². The molecule has 0 aliphatic carbocycles. The zero-order valence-corrected chi connectivity index (χ0v) is 13.9. The first-order chi connectivity index (χ1) is 10.7. The molecule has 0 atom stereocenters. The molecule has 0 aliphatic heterocycles. The number of rotatable bonds is 8. The van der Waals surface area contributed by atoms with E-state index in [4.69, 9.17) is 0 Å². The van der Waals surface area contributed by atoms with Crippen LogP contribution in [0.3, 0.4) is 0 Å². The third-order valence-corrected chi connectivity index (χ3v) is 3.83. The predicted octanol–water partition coefficient (Wildman–Crippen LogP) is 3.37. The smallest absolute Gasteiger partial charge is 0.0363 e. The normalized spacial score (nSPS) is 10.5. The number of para-hydroxylation sites is 1. The highest BCUT2D eigenvalue weighted by Gasteiger charge is 1.99. The maximum atomic E-state index is 3.52. The first kappa shape index (κ1) is 16.4. The molecule has 1 N–H and O–H groups in total. The van der Waals surface area contributed by atoms with Crippen LogP contribution in [0, 0.1) is 0 Å². The number of hydrogen-bond acceptors (Lipinski definition) is 3. The van der Waals surface area contributed by atoms with Gasteiger partial charge in [0, 0.05) is 45.6 Å². The summed E-state index contributed by atoms with van der Waals surface area (Å²) in [5, 5.41) is 3.52. The molecule has 118 valence electrons. The molecule has 3 nitrogen and oxygen atoms in total. The predicted molar refractivity (Wildman–Crippen MR) is 96.8 cm³/mol. The van der Waals surface area contributed by atoms with E-state index in [1.807, 2.05) is 0 Å². The average molecular weight is 297 g/mol. The Kier molecular flexibility index (Phi) is 6.28. The van der Waals surface area contributed by atoms with E-state index < -0.39 is 0 Å². The molecular weight excluding hydrogens is 270 g/mol. The fourth-order valence-electron chi connectivity index (χ4n) is 2.40. The second kappa shape index (κ2) is 8.44. The molecule has 0 amide bonds. The van der Waals surface area contributed by atoms with Gasteiger partial charge in [0.25, 0.3) is 0 Å². The summed E-state index contributed by atoms with van der Waals surface area (Å²) < 4.78 is 0. The van der Waals surface area contributed by atoms with Crippen molar-refractivity contribution in [2.45, 2.75) is 13.0 Å². The quantitative estimate of drug-likeness (QED) is 0.754. The van der Waals surface area contributed by atoms with E-state index in [0.29, 0.717) is 0 Å². The Morgan fingerprint density at radius 3 is 2.14 bits per heavy atom. The Morgan fingerprint density at radius 2 is 1.50 bits per heavy atom. The van der Waals surface area contributed by atoms with E-state index in [0.717, 1.165) is 26.1 Å². The van der Waals surface area contributed by atoms with Crippen LogP contribution in [0.4, 0.5) is 11.4 Å². The SMILES string of the molecule is CN(C)c1ccc(CNCCCN(C)c2ccccc2)cc1. The van der Waals surface area contributed by atoms with E-state index in [-0.39, 0.29) is 0 Å². The van der Waals surface area contributed by atoms with Crippen molar-refractivity contribution in [3.63, 3.8) is 0 Å². The molecule has 0 heterocycles. The Hall–Kier alpha value is -2.00. The lowest BCUT2D eigenvalue weighted by Crippen LogP contribution is -2.23. The average Bonchev–Trinajstić information content (AvgIpc) is 2.55. The third kappa shape index (κ3) is 5.08. The zero-order valence-electron chi connectivity index (χ0n) is 13.9. The summed E-state index contributed by atoms with van der Waals surface area (Å²) in [7, 11) is 6.28. The van der Waals surface area contributed by atoms with Gasteiger partial charge in [-0.15, -0.1) is 0 Å². The molecule has 0 spiro atoms. The van der Waals surface area contributed by atoms with Gasteiger partial charge < -0.3 is 15.1 Å². The highest BCUT2D eigenvalue weighted by molar-refractivity contribution is 5.46. The lowest BCUT2D eigenvalue weighted by Gasteiger charge is -2.19. The Morgan fingerprint density at radius 1 is 0.818 bits per heavy atom. The lowest BCUT2D eigenvalue weighted by molar-refractivity contribution is 0.646. The molecule has 0 fully saturated rings. The van der Waals surface area contributed by atoms with Gasteiger partial charge in [-0.1, -0.05) is 30.3 Å². The molecule has 2 rings (SSSR count). The minimum Gasteiger partial charge on any atom is -0.378 e. The monoisotopic (exact) mass is 297 g/mol. The van der Waals surface area contributed by atoms with E-state index in [1.54, 1.807) is 0 Å². The maximum Gasteiger partial charge on any atom is 0.0363 e. The summed E-state index contributed by atoms with van der Waals surface area (Å²) in [4.78, 5) is 4.42. The highest BCUT2D eigenvalue weighted by atomic mass is 15.1. The van der Waals surface area contributed by atoms with Crippen molar-refractivity contribution in [3.8, 4) is 0 Å². The standard InChI is InChI=1S/C19H27N3/c1-21(2)18-12-10-17(11-13-18)16-20-14-7-15-22(3)19-8-5-4-6-9-19/h4-6,8-13,20H,7,14-16H2,1-3H3. The second-order valence-corrected chi connectivity index (χ2v) is 5.85. The lowest BCUT2D eigenvalue weighted by atomic mass is 10.2. The van der Waals surface area contributed by atoms with Gasteiger partial charge in [-0.2, -0.15) is 0 Å². The summed E-state index contributed by atoms with van der Waals surface area (Å²) in [5.41, 5.74) is 3.86. The van der Waals surface area contributed by atoms with Crippen molar-refractivity contribution in [2.24, 2.45) is 0 Å². The minimum atomic E-state index is 0.933. The molecule has 0 saturated heterocycles. The first-order valence-electron chi connectivity index (χ1n) is 7.90. The number of nitrogens with zero attached hydrogens (tertiary/aromatic N) is 2. The highest BCUT2D eigenvalue weighted by Crippen LogP contribution is 2.12. The summed E-state index contributed by atoms with van der Waals surface area (Å²) in [5.74, 6) is 0. The molecule has 2 aromatic carbocycles. The number of benzene rings is 2. The molecule has 0 saturated carbocycles. The van der Waals surface area contributed by atoms with E-state index in [2.05, 4.69) is 90.9 Å². The van der Waals surface area contributed by atoms with E-state index in [1.165, 1.54) is 16.9 Å². The van der Waals surface area contributed by atoms with Crippen LogP contribution in [0.1, 0.15) is 12.0 Å². The maximum absolute atomic E-state index is 3.52. The fourth-order valence-corrected chi connectivity index (χ4v) is 2.40. The van der Waals surface area contributed by atoms with Gasteiger partial charge in [0.2, 0.25) is 0 Å². The van der Waals surface area contributed by atoms with Gasteiger partial charge in [-0.05, 0) is 42.8 Å². The molecule has 0 aliphatic rings. The Labute approximate surface area is 134 Å². The molecule has 0 aromatic heterocycles. The van der Waals surface area contributed by atoms with Crippen LogP contribution in [0.25, 0.3) is 0 Å². The van der Waals surface area contributed by atoms with Crippen molar-refractivity contribution in [1.82, 2.24) is 5.32 Å². The fraction of sp³-hybridized carbons (Fsp3) is 0.368. The van der Waals surface area contributed by atoms with Crippen LogP contribution in [0.2, 0.25) is 0 Å². The second-order valence-electron chi connectivity index (χ2n) is 5.85. The van der Waals surface area contributed by atoms with E-state index in [9.17, 15) is 0 Å². The van der Waals surface area contributed by atoms with Crippen molar-refractivity contribution in [1.29, 1.82) is 0 Å². The summed E-state index contributed by atoms with van der Waals surface area (Å²) in [6, 6.07) is 19.3. The molecule has 0 bridgehead atoms. The van der Waals surface area contributed by atoms with Crippen LogP contribution in [0.5, 0.6) is 0 Å². The van der Waals surface area contributed by atoms with Crippen LogP contribution in [0.15, 0.2) is 54.6 Å². The third-order valence-electron chi connectivity index (χ3n) is 3.83. The van der Waals surface area contributed by atoms with Crippen LogP contribution in [-0.4, -0.2) is 34.2 Å². The summed E-state index contributed by atoms with van der Waals surface area (Å²) in [6.07, 6.45) is 1.14. The molecular formula is C19H27N3. The van der Waals surface area contributed by atoms with Gasteiger partial charge >= 0.3 is 0 Å². The number of anilines is 2. The number of nitrogens with one attached hydrogen (secondary N) is 1. The molecule has 0 radical (unpaired) electrons. The summed E-state index contributed by atoms with van der Waals surface area (Å²) >= 11 is 0. The van der Waals surface area contributed by atoms with Gasteiger partial charge in [0.05, 0.1) is 0 Å². The van der Waals surface area contributed by atoms with Gasteiger partial charge in [-0.3, -0.25) is 0 Å². The Balaban J connectivity index is 1.65. The van der Waals surface area contributed by atoms with Crippen molar-refractivity contribution in [2.75, 3.05) is 44.0 Å². The Bertz CT molecular complexity index is 534. The minimum absolute atomic E-state index is 0.933. The first-order valence-corrected chi connectivity index (χ1v) is 7.90. The summed E-state index contributed by atoms with van der Waals surface area (Å²) in [6.45, 7) is 3.03. The van der Waals surface area contributed by atoms with Crippen LogP contribution < -0.4 is 15.1 Å². The van der Waals surface area contributed by atoms with E-state index >= 15 is 0 Å². The molecule has 0 unspecified atom stereocenters. The van der Waals surface area contributed by atoms with Crippen molar-refractivity contribution in [3.05, 3.63) is 60.2 Å². The molecule has 3 heteroatoms.